The number of aromatic nitrogens is 3. The van der Waals surface area contributed by atoms with Crippen LogP contribution in [0.3, 0.4) is 0 Å². The highest BCUT2D eigenvalue weighted by Crippen LogP contribution is 2.26. The van der Waals surface area contributed by atoms with Gasteiger partial charge in [0.2, 0.25) is 5.91 Å². The first kappa shape index (κ1) is 18.5. The molecule has 5 nitrogen and oxygen atoms in total. The van der Waals surface area contributed by atoms with Crippen LogP contribution >= 0.6 is 23.4 Å². The number of aryl methyl sites for hydroxylation is 2. The van der Waals surface area contributed by atoms with Gasteiger partial charge in [-0.05, 0) is 51.1 Å². The molecule has 0 aliphatic rings. The number of nitrogens with zero attached hydrogens (tertiary/aromatic N) is 3. The maximum absolute atomic E-state index is 12.5. The molecule has 0 saturated carbocycles. The fourth-order valence-corrected chi connectivity index (χ4v) is 3.54. The van der Waals surface area contributed by atoms with Gasteiger partial charge < -0.3 is 5.32 Å². The van der Waals surface area contributed by atoms with E-state index in [1.54, 1.807) is 24.3 Å². The third kappa shape index (κ3) is 4.26. The van der Waals surface area contributed by atoms with Gasteiger partial charge in [0.1, 0.15) is 5.82 Å². The molecule has 3 aromatic rings. The van der Waals surface area contributed by atoms with Gasteiger partial charge in [-0.2, -0.15) is 0 Å². The predicted molar refractivity (Wildman–Crippen MR) is 106 cm³/mol. The van der Waals surface area contributed by atoms with Gasteiger partial charge in [0.25, 0.3) is 0 Å². The van der Waals surface area contributed by atoms with Crippen molar-refractivity contribution in [2.75, 3.05) is 5.32 Å². The first-order valence-electron chi connectivity index (χ1n) is 8.16. The molecule has 1 aromatic heterocycles. The van der Waals surface area contributed by atoms with Gasteiger partial charge in [-0.3, -0.25) is 9.36 Å². The minimum absolute atomic E-state index is 0.117. The molecule has 0 spiro atoms. The van der Waals surface area contributed by atoms with Crippen LogP contribution in [-0.4, -0.2) is 25.9 Å². The van der Waals surface area contributed by atoms with Crippen molar-refractivity contribution in [2.45, 2.75) is 31.2 Å². The summed E-state index contributed by atoms with van der Waals surface area (Å²) in [6.07, 6.45) is 0. The molecule has 1 N–H and O–H groups in total. The van der Waals surface area contributed by atoms with Crippen LogP contribution < -0.4 is 5.32 Å². The molecule has 7 heteroatoms. The zero-order chi connectivity index (χ0) is 18.7. The lowest BCUT2D eigenvalue weighted by Crippen LogP contribution is -2.22. The lowest BCUT2D eigenvalue weighted by molar-refractivity contribution is -0.115. The highest BCUT2D eigenvalue weighted by molar-refractivity contribution is 8.00. The predicted octanol–water partition coefficient (Wildman–Crippen LogP) is 4.66. The van der Waals surface area contributed by atoms with E-state index >= 15 is 0 Å². The average Bonchev–Trinajstić information content (AvgIpc) is 2.96. The summed E-state index contributed by atoms with van der Waals surface area (Å²) in [6, 6.07) is 15.2. The largest absolute Gasteiger partial charge is 0.325 e. The molecule has 0 radical (unpaired) electrons. The number of halogens is 1. The van der Waals surface area contributed by atoms with E-state index in [0.29, 0.717) is 15.9 Å². The summed E-state index contributed by atoms with van der Waals surface area (Å²) in [5.41, 5.74) is 2.83. The third-order valence-corrected chi connectivity index (χ3v) is 5.11. The molecule has 134 valence electrons. The SMILES string of the molecule is Cc1ccc(-n2c(C)nnc2S[C@@H](C)C(=O)Nc2cccc(Cl)c2)cc1. The Balaban J connectivity index is 1.76. The van der Waals surface area contributed by atoms with E-state index in [-0.39, 0.29) is 11.2 Å². The lowest BCUT2D eigenvalue weighted by Gasteiger charge is -2.13. The zero-order valence-electron chi connectivity index (χ0n) is 14.7. The summed E-state index contributed by atoms with van der Waals surface area (Å²) >= 11 is 7.33. The number of thioether (sulfide) groups is 1. The highest BCUT2D eigenvalue weighted by atomic mass is 35.5. The second-order valence-corrected chi connectivity index (χ2v) is 7.70. The molecular formula is C19H19ClN4OS. The standard InChI is InChI=1S/C19H19ClN4OS/c1-12-7-9-17(10-8-12)24-14(3)22-23-19(24)26-13(2)18(25)21-16-6-4-5-15(20)11-16/h4-11,13H,1-3H3,(H,21,25)/t13-/m0/s1. The van der Waals surface area contributed by atoms with Crippen molar-refractivity contribution >= 4 is 35.0 Å². The Labute approximate surface area is 161 Å². The van der Waals surface area contributed by atoms with Crippen molar-refractivity contribution in [3.63, 3.8) is 0 Å². The van der Waals surface area contributed by atoms with Gasteiger partial charge in [-0.1, -0.05) is 47.1 Å². The molecule has 1 amide bonds. The maximum atomic E-state index is 12.5. The summed E-state index contributed by atoms with van der Waals surface area (Å²) in [5, 5.41) is 12.2. The van der Waals surface area contributed by atoms with E-state index in [4.69, 9.17) is 11.6 Å². The third-order valence-electron chi connectivity index (χ3n) is 3.83. The lowest BCUT2D eigenvalue weighted by atomic mass is 10.2. The van der Waals surface area contributed by atoms with Crippen molar-refractivity contribution in [1.82, 2.24) is 14.8 Å². The fourth-order valence-electron chi connectivity index (χ4n) is 2.43. The van der Waals surface area contributed by atoms with Crippen LogP contribution in [0.4, 0.5) is 5.69 Å². The first-order chi connectivity index (χ1) is 12.4. The fraction of sp³-hybridized carbons (Fsp3) is 0.211. The number of hydrogen-bond donors (Lipinski definition) is 1. The van der Waals surface area contributed by atoms with E-state index in [2.05, 4.69) is 15.5 Å². The van der Waals surface area contributed by atoms with E-state index in [0.717, 1.165) is 11.5 Å². The summed E-state index contributed by atoms with van der Waals surface area (Å²) in [5.74, 6) is 0.659. The molecule has 0 bridgehead atoms. The van der Waals surface area contributed by atoms with Crippen molar-refractivity contribution in [3.8, 4) is 5.69 Å². The Morgan fingerprint density at radius 3 is 2.58 bits per heavy atom. The minimum atomic E-state index is -0.346. The molecule has 0 saturated heterocycles. The van der Waals surface area contributed by atoms with Gasteiger partial charge in [0.15, 0.2) is 5.16 Å². The monoisotopic (exact) mass is 386 g/mol. The van der Waals surface area contributed by atoms with Crippen molar-refractivity contribution in [1.29, 1.82) is 0 Å². The molecule has 0 aliphatic carbocycles. The molecule has 1 heterocycles. The smallest absolute Gasteiger partial charge is 0.237 e. The number of hydrogen-bond acceptors (Lipinski definition) is 4. The summed E-state index contributed by atoms with van der Waals surface area (Å²) < 4.78 is 1.95. The highest BCUT2D eigenvalue weighted by Gasteiger charge is 2.20. The molecular weight excluding hydrogens is 368 g/mol. The van der Waals surface area contributed by atoms with Crippen molar-refractivity contribution in [2.24, 2.45) is 0 Å². The average molecular weight is 387 g/mol. The van der Waals surface area contributed by atoms with Gasteiger partial charge in [-0.25, -0.2) is 0 Å². The topological polar surface area (TPSA) is 59.8 Å². The molecule has 2 aromatic carbocycles. The number of nitrogens with one attached hydrogen (secondary N) is 1. The maximum Gasteiger partial charge on any atom is 0.237 e. The molecule has 0 fully saturated rings. The Kier molecular flexibility index (Phi) is 5.64. The molecule has 0 unspecified atom stereocenters. The summed E-state index contributed by atoms with van der Waals surface area (Å²) in [6.45, 7) is 5.78. The van der Waals surface area contributed by atoms with Crippen LogP contribution in [0, 0.1) is 13.8 Å². The van der Waals surface area contributed by atoms with Crippen LogP contribution in [0.15, 0.2) is 53.7 Å². The van der Waals surface area contributed by atoms with Crippen LogP contribution in [-0.2, 0) is 4.79 Å². The first-order valence-corrected chi connectivity index (χ1v) is 9.42. The van der Waals surface area contributed by atoms with Gasteiger partial charge in [-0.15, -0.1) is 10.2 Å². The number of amides is 1. The van der Waals surface area contributed by atoms with Crippen molar-refractivity contribution in [3.05, 3.63) is 64.9 Å². The number of carbonyl (C=O) groups excluding carboxylic acids is 1. The van der Waals surface area contributed by atoms with Gasteiger partial charge in [0, 0.05) is 16.4 Å². The quantitative estimate of drug-likeness (QED) is 0.648. The van der Waals surface area contributed by atoms with Gasteiger partial charge in [0.05, 0.1) is 5.25 Å². The Bertz CT molecular complexity index is 924. The minimum Gasteiger partial charge on any atom is -0.325 e. The number of rotatable bonds is 5. The van der Waals surface area contributed by atoms with Crippen LogP contribution in [0.25, 0.3) is 5.69 Å². The molecule has 3 rings (SSSR count). The van der Waals surface area contributed by atoms with Crippen LogP contribution in [0.1, 0.15) is 18.3 Å². The zero-order valence-corrected chi connectivity index (χ0v) is 16.3. The van der Waals surface area contributed by atoms with Gasteiger partial charge >= 0.3 is 0 Å². The van der Waals surface area contributed by atoms with Crippen LogP contribution in [0.5, 0.6) is 0 Å². The Morgan fingerprint density at radius 1 is 1.15 bits per heavy atom. The summed E-state index contributed by atoms with van der Waals surface area (Å²) in [7, 11) is 0. The van der Waals surface area contributed by atoms with Crippen molar-refractivity contribution < 1.29 is 4.79 Å². The molecule has 0 aliphatic heterocycles. The van der Waals surface area contributed by atoms with E-state index < -0.39 is 0 Å². The normalized spacial score (nSPS) is 12.0. The van der Waals surface area contributed by atoms with E-state index in [1.165, 1.54) is 17.3 Å². The Hall–Kier alpha value is -2.31. The number of carbonyl (C=O) groups is 1. The summed E-state index contributed by atoms with van der Waals surface area (Å²) in [4.78, 5) is 12.5. The van der Waals surface area contributed by atoms with E-state index in [1.807, 2.05) is 49.6 Å². The molecule has 1 atom stereocenters. The van der Waals surface area contributed by atoms with E-state index in [9.17, 15) is 4.79 Å². The van der Waals surface area contributed by atoms with Crippen LogP contribution in [0.2, 0.25) is 5.02 Å². The second-order valence-electron chi connectivity index (χ2n) is 5.96. The Morgan fingerprint density at radius 2 is 1.88 bits per heavy atom. The molecule has 26 heavy (non-hydrogen) atoms. The number of anilines is 1. The second kappa shape index (κ2) is 7.93. The number of benzene rings is 2.